The van der Waals surface area contributed by atoms with Gasteiger partial charge in [-0.25, -0.2) is 0 Å². The third-order valence-corrected chi connectivity index (χ3v) is 4.46. The summed E-state index contributed by atoms with van der Waals surface area (Å²) in [5, 5.41) is 9.45. The van der Waals surface area contributed by atoms with E-state index in [1.165, 1.54) is 38.5 Å². The Kier molecular flexibility index (Phi) is 4.45. The lowest BCUT2D eigenvalue weighted by atomic mass is 9.81. The second-order valence-corrected chi connectivity index (χ2v) is 5.97. The zero-order valence-electron chi connectivity index (χ0n) is 10.6. The van der Waals surface area contributed by atoms with Gasteiger partial charge in [0, 0.05) is 0 Å². The SMILES string of the molecule is CC1CCC(/C=C/C2CCC(O)CC2)CC1. The zero-order chi connectivity index (χ0) is 11.4. The van der Waals surface area contributed by atoms with Gasteiger partial charge in [-0.2, -0.15) is 0 Å². The van der Waals surface area contributed by atoms with Crippen molar-refractivity contribution < 1.29 is 5.11 Å². The van der Waals surface area contributed by atoms with E-state index in [4.69, 9.17) is 0 Å². The molecule has 0 aromatic carbocycles. The van der Waals surface area contributed by atoms with Crippen molar-refractivity contribution in [2.24, 2.45) is 17.8 Å². The van der Waals surface area contributed by atoms with Gasteiger partial charge in [-0.1, -0.05) is 31.9 Å². The molecule has 2 aliphatic carbocycles. The summed E-state index contributed by atoms with van der Waals surface area (Å²) in [6.45, 7) is 2.38. The van der Waals surface area contributed by atoms with Crippen molar-refractivity contribution in [2.45, 2.75) is 64.4 Å². The highest BCUT2D eigenvalue weighted by Gasteiger charge is 2.19. The number of aliphatic hydroxyl groups is 1. The smallest absolute Gasteiger partial charge is 0.0540 e. The fourth-order valence-corrected chi connectivity index (χ4v) is 3.09. The molecule has 0 radical (unpaired) electrons. The molecule has 0 aromatic heterocycles. The van der Waals surface area contributed by atoms with Gasteiger partial charge in [0.2, 0.25) is 0 Å². The van der Waals surface area contributed by atoms with E-state index in [-0.39, 0.29) is 6.10 Å². The van der Waals surface area contributed by atoms with Crippen LogP contribution >= 0.6 is 0 Å². The lowest BCUT2D eigenvalue weighted by molar-refractivity contribution is 0.117. The first-order chi connectivity index (χ1) is 7.74. The molecular formula is C15H26O. The van der Waals surface area contributed by atoms with E-state index in [1.54, 1.807) is 0 Å². The minimum Gasteiger partial charge on any atom is -0.393 e. The molecule has 1 N–H and O–H groups in total. The molecule has 0 atom stereocenters. The Hall–Kier alpha value is -0.300. The Morgan fingerprint density at radius 1 is 0.750 bits per heavy atom. The van der Waals surface area contributed by atoms with Crippen LogP contribution in [0.25, 0.3) is 0 Å². The molecule has 0 heterocycles. The molecule has 0 spiro atoms. The van der Waals surface area contributed by atoms with Gasteiger partial charge < -0.3 is 5.11 Å². The highest BCUT2D eigenvalue weighted by molar-refractivity contribution is 4.96. The predicted molar refractivity (Wildman–Crippen MR) is 68.2 cm³/mol. The average Bonchev–Trinajstić information content (AvgIpc) is 2.30. The van der Waals surface area contributed by atoms with Crippen LogP contribution in [0.1, 0.15) is 58.3 Å². The zero-order valence-corrected chi connectivity index (χ0v) is 10.6. The number of rotatable bonds is 2. The van der Waals surface area contributed by atoms with Crippen LogP contribution in [0.3, 0.4) is 0 Å². The standard InChI is InChI=1S/C15H26O/c1-12-2-4-13(5-3-12)6-7-14-8-10-15(16)11-9-14/h6-7,12-16H,2-5,8-11H2,1H3/b7-6+. The van der Waals surface area contributed by atoms with Crippen LogP contribution in [0.2, 0.25) is 0 Å². The molecule has 0 saturated heterocycles. The maximum Gasteiger partial charge on any atom is 0.0540 e. The van der Waals surface area contributed by atoms with Crippen LogP contribution in [0.15, 0.2) is 12.2 Å². The summed E-state index contributed by atoms with van der Waals surface area (Å²) >= 11 is 0. The van der Waals surface area contributed by atoms with Crippen LogP contribution in [0, 0.1) is 17.8 Å². The Labute approximate surface area is 99.9 Å². The van der Waals surface area contributed by atoms with Crippen LogP contribution in [0.5, 0.6) is 0 Å². The van der Waals surface area contributed by atoms with Crippen molar-refractivity contribution in [3.8, 4) is 0 Å². The average molecular weight is 222 g/mol. The van der Waals surface area contributed by atoms with E-state index >= 15 is 0 Å². The van der Waals surface area contributed by atoms with E-state index in [1.807, 2.05) is 0 Å². The minimum atomic E-state index is -0.0137. The molecule has 16 heavy (non-hydrogen) atoms. The number of hydrogen-bond donors (Lipinski definition) is 1. The topological polar surface area (TPSA) is 20.2 Å². The summed E-state index contributed by atoms with van der Waals surface area (Å²) in [5.41, 5.74) is 0. The summed E-state index contributed by atoms with van der Waals surface area (Å²) in [6.07, 6.45) is 15.0. The summed E-state index contributed by atoms with van der Waals surface area (Å²) in [6, 6.07) is 0. The van der Waals surface area contributed by atoms with Crippen LogP contribution in [-0.2, 0) is 0 Å². The second-order valence-electron chi connectivity index (χ2n) is 5.97. The number of allylic oxidation sites excluding steroid dienone is 2. The summed E-state index contributed by atoms with van der Waals surface area (Å²) in [5.74, 6) is 2.56. The normalized spacial score (nSPS) is 41.4. The molecule has 1 nitrogen and oxygen atoms in total. The van der Waals surface area contributed by atoms with Gasteiger partial charge in [-0.05, 0) is 56.3 Å². The summed E-state index contributed by atoms with van der Waals surface area (Å²) in [4.78, 5) is 0. The van der Waals surface area contributed by atoms with E-state index in [9.17, 15) is 5.11 Å². The van der Waals surface area contributed by atoms with Crippen molar-refractivity contribution in [3.63, 3.8) is 0 Å². The first kappa shape index (κ1) is 12.2. The Balaban J connectivity index is 1.72. The minimum absolute atomic E-state index is 0.0137. The Bertz CT molecular complexity index is 194. The fourth-order valence-electron chi connectivity index (χ4n) is 3.09. The molecule has 92 valence electrons. The van der Waals surface area contributed by atoms with E-state index < -0.39 is 0 Å². The third kappa shape index (κ3) is 3.62. The quantitative estimate of drug-likeness (QED) is 0.702. The molecule has 2 fully saturated rings. The Morgan fingerprint density at radius 2 is 1.19 bits per heavy atom. The highest BCUT2D eigenvalue weighted by Crippen LogP contribution is 2.31. The van der Waals surface area contributed by atoms with Crippen LogP contribution in [0.4, 0.5) is 0 Å². The molecule has 2 saturated carbocycles. The molecule has 1 heteroatoms. The van der Waals surface area contributed by atoms with Crippen molar-refractivity contribution >= 4 is 0 Å². The van der Waals surface area contributed by atoms with Crippen molar-refractivity contribution in [3.05, 3.63) is 12.2 Å². The van der Waals surface area contributed by atoms with Gasteiger partial charge in [0.05, 0.1) is 6.10 Å². The van der Waals surface area contributed by atoms with Crippen LogP contribution < -0.4 is 0 Å². The van der Waals surface area contributed by atoms with Crippen molar-refractivity contribution in [1.29, 1.82) is 0 Å². The first-order valence-electron chi connectivity index (χ1n) is 7.10. The maximum atomic E-state index is 9.45. The molecular weight excluding hydrogens is 196 g/mol. The Morgan fingerprint density at radius 3 is 1.69 bits per heavy atom. The third-order valence-electron chi connectivity index (χ3n) is 4.46. The molecule has 2 aliphatic rings. The number of aliphatic hydroxyl groups excluding tert-OH is 1. The van der Waals surface area contributed by atoms with E-state index in [2.05, 4.69) is 19.1 Å². The summed E-state index contributed by atoms with van der Waals surface area (Å²) in [7, 11) is 0. The van der Waals surface area contributed by atoms with Crippen molar-refractivity contribution in [1.82, 2.24) is 0 Å². The van der Waals surface area contributed by atoms with Gasteiger partial charge >= 0.3 is 0 Å². The maximum absolute atomic E-state index is 9.45. The van der Waals surface area contributed by atoms with E-state index in [0.29, 0.717) is 0 Å². The van der Waals surface area contributed by atoms with Gasteiger partial charge in [0.25, 0.3) is 0 Å². The van der Waals surface area contributed by atoms with Gasteiger partial charge in [0.15, 0.2) is 0 Å². The van der Waals surface area contributed by atoms with Gasteiger partial charge in [0.1, 0.15) is 0 Å². The first-order valence-corrected chi connectivity index (χ1v) is 7.10. The largest absolute Gasteiger partial charge is 0.393 e. The fraction of sp³-hybridized carbons (Fsp3) is 0.867. The summed E-state index contributed by atoms with van der Waals surface area (Å²) < 4.78 is 0. The van der Waals surface area contributed by atoms with Crippen molar-refractivity contribution in [2.75, 3.05) is 0 Å². The monoisotopic (exact) mass is 222 g/mol. The second kappa shape index (κ2) is 5.86. The molecule has 0 unspecified atom stereocenters. The lowest BCUT2D eigenvalue weighted by Crippen LogP contribution is -2.17. The molecule has 2 rings (SSSR count). The highest BCUT2D eigenvalue weighted by atomic mass is 16.3. The van der Waals surface area contributed by atoms with Crippen LogP contribution in [-0.4, -0.2) is 11.2 Å². The predicted octanol–water partition coefficient (Wildman–Crippen LogP) is 3.92. The van der Waals surface area contributed by atoms with E-state index in [0.717, 1.165) is 30.6 Å². The lowest BCUT2D eigenvalue weighted by Gasteiger charge is -2.26. The van der Waals surface area contributed by atoms with Gasteiger partial charge in [-0.3, -0.25) is 0 Å². The molecule has 0 amide bonds. The number of hydrogen-bond acceptors (Lipinski definition) is 1. The molecule has 0 aromatic rings. The molecule has 0 aliphatic heterocycles. The van der Waals surface area contributed by atoms with Gasteiger partial charge in [-0.15, -0.1) is 0 Å². The molecule has 0 bridgehead atoms.